The van der Waals surface area contributed by atoms with E-state index in [2.05, 4.69) is 39.4 Å². The number of piperidine rings is 1. The number of carbonyl (C=O) groups is 1. The number of nitrogens with zero attached hydrogens (tertiary/aromatic N) is 2. The minimum Gasteiger partial charge on any atom is -0.351 e. The lowest BCUT2D eigenvalue weighted by atomic mass is 9.94. The molecule has 136 valence electrons. The largest absolute Gasteiger partial charge is 0.351 e. The van der Waals surface area contributed by atoms with Gasteiger partial charge in [-0.05, 0) is 81.2 Å². The molecule has 2 heterocycles. The van der Waals surface area contributed by atoms with Crippen molar-refractivity contribution in [2.45, 2.75) is 51.6 Å². The van der Waals surface area contributed by atoms with Gasteiger partial charge in [0.2, 0.25) is 5.91 Å². The molecule has 25 heavy (non-hydrogen) atoms. The van der Waals surface area contributed by atoms with Crippen LogP contribution in [0.3, 0.4) is 0 Å². The Morgan fingerprint density at radius 1 is 0.880 bits per heavy atom. The normalized spacial score (nSPS) is 23.0. The Labute approximate surface area is 151 Å². The fraction of sp³-hybridized carbons (Fsp3) is 0.667. The lowest BCUT2D eigenvalue weighted by Gasteiger charge is -2.31. The second-order valence-corrected chi connectivity index (χ2v) is 8.35. The molecule has 3 aliphatic rings. The van der Waals surface area contributed by atoms with Crippen molar-refractivity contribution in [2.75, 3.05) is 32.7 Å². The topological polar surface area (TPSA) is 35.6 Å². The predicted octanol–water partition coefficient (Wildman–Crippen LogP) is 2.77. The number of benzene rings is 1. The molecule has 1 spiro atoms. The van der Waals surface area contributed by atoms with Crippen LogP contribution in [-0.2, 0) is 17.9 Å². The van der Waals surface area contributed by atoms with Crippen LogP contribution in [0.4, 0.5) is 0 Å². The Bertz CT molecular complexity index is 578. The van der Waals surface area contributed by atoms with Crippen molar-refractivity contribution in [1.82, 2.24) is 15.1 Å². The lowest BCUT2D eigenvalue weighted by molar-refractivity contribution is -0.122. The van der Waals surface area contributed by atoms with Crippen molar-refractivity contribution in [3.8, 4) is 0 Å². The van der Waals surface area contributed by atoms with Gasteiger partial charge in [-0.1, -0.05) is 24.3 Å². The summed E-state index contributed by atoms with van der Waals surface area (Å²) in [5.74, 6) is 0.160. The molecule has 1 aromatic carbocycles. The van der Waals surface area contributed by atoms with E-state index in [4.69, 9.17) is 0 Å². The summed E-state index contributed by atoms with van der Waals surface area (Å²) in [6.45, 7) is 6.91. The van der Waals surface area contributed by atoms with Crippen molar-refractivity contribution >= 4 is 5.91 Å². The summed E-state index contributed by atoms with van der Waals surface area (Å²) in [7, 11) is 0. The van der Waals surface area contributed by atoms with Gasteiger partial charge in [0.25, 0.3) is 0 Å². The van der Waals surface area contributed by atoms with Crippen LogP contribution in [0, 0.1) is 5.41 Å². The van der Waals surface area contributed by atoms with Gasteiger partial charge in [0.05, 0.1) is 6.54 Å². The summed E-state index contributed by atoms with van der Waals surface area (Å²) in [5.41, 5.74) is 3.25. The van der Waals surface area contributed by atoms with Gasteiger partial charge < -0.3 is 5.32 Å². The molecule has 1 amide bonds. The summed E-state index contributed by atoms with van der Waals surface area (Å²) in [4.78, 5) is 17.0. The highest BCUT2D eigenvalue weighted by molar-refractivity contribution is 5.78. The zero-order valence-electron chi connectivity index (χ0n) is 15.3. The molecule has 1 aromatic rings. The van der Waals surface area contributed by atoms with Crippen molar-refractivity contribution in [1.29, 1.82) is 0 Å². The van der Waals surface area contributed by atoms with E-state index in [9.17, 15) is 4.79 Å². The summed E-state index contributed by atoms with van der Waals surface area (Å²) < 4.78 is 0. The molecule has 1 aliphatic carbocycles. The third-order valence-electron chi connectivity index (χ3n) is 6.36. The van der Waals surface area contributed by atoms with Gasteiger partial charge in [0.15, 0.2) is 0 Å². The summed E-state index contributed by atoms with van der Waals surface area (Å²) in [6, 6.07) is 8.73. The number of nitrogens with one attached hydrogen (secondary N) is 1. The Balaban J connectivity index is 1.17. The molecule has 4 heteroatoms. The fourth-order valence-electron chi connectivity index (χ4n) is 4.28. The summed E-state index contributed by atoms with van der Waals surface area (Å²) in [5, 5.41) is 3.08. The highest BCUT2D eigenvalue weighted by atomic mass is 16.2. The monoisotopic (exact) mass is 341 g/mol. The van der Waals surface area contributed by atoms with Crippen LogP contribution < -0.4 is 5.32 Å². The maximum absolute atomic E-state index is 12.2. The van der Waals surface area contributed by atoms with Crippen molar-refractivity contribution in [3.05, 3.63) is 35.4 Å². The van der Waals surface area contributed by atoms with Gasteiger partial charge in [-0.25, -0.2) is 0 Å². The van der Waals surface area contributed by atoms with Crippen LogP contribution in [0.2, 0.25) is 0 Å². The molecule has 0 radical (unpaired) electrons. The van der Waals surface area contributed by atoms with E-state index in [-0.39, 0.29) is 5.91 Å². The lowest BCUT2D eigenvalue weighted by Crippen LogP contribution is -2.41. The van der Waals surface area contributed by atoms with Gasteiger partial charge in [-0.15, -0.1) is 0 Å². The van der Waals surface area contributed by atoms with Gasteiger partial charge in [-0.2, -0.15) is 0 Å². The van der Waals surface area contributed by atoms with Gasteiger partial charge in [-0.3, -0.25) is 14.6 Å². The van der Waals surface area contributed by atoms with E-state index in [1.807, 2.05) is 0 Å². The van der Waals surface area contributed by atoms with E-state index in [0.29, 0.717) is 18.5 Å². The fourth-order valence-corrected chi connectivity index (χ4v) is 4.28. The first-order valence-corrected chi connectivity index (χ1v) is 10.0. The molecular formula is C21H31N3O. The number of carbonyl (C=O) groups excluding carboxylic acids is 1. The molecule has 4 nitrogen and oxygen atoms in total. The van der Waals surface area contributed by atoms with Crippen LogP contribution in [0.5, 0.6) is 0 Å². The van der Waals surface area contributed by atoms with Crippen LogP contribution in [0.15, 0.2) is 24.3 Å². The molecule has 1 saturated carbocycles. The molecule has 3 fully saturated rings. The standard InChI is InChI=1S/C21H31N3O/c25-20(17-24-13-9-21(7-8-21)10-14-24)22-15-18-3-5-19(6-4-18)16-23-11-1-2-12-23/h3-6H,1-2,7-17H2,(H,22,25). The minimum atomic E-state index is 0.160. The number of hydrogen-bond donors (Lipinski definition) is 1. The maximum Gasteiger partial charge on any atom is 0.234 e. The highest BCUT2D eigenvalue weighted by Gasteiger charge is 2.44. The zero-order chi connectivity index (χ0) is 17.1. The predicted molar refractivity (Wildman–Crippen MR) is 100 cm³/mol. The van der Waals surface area contributed by atoms with Gasteiger partial charge >= 0.3 is 0 Å². The van der Waals surface area contributed by atoms with Crippen LogP contribution in [0.25, 0.3) is 0 Å². The molecule has 0 bridgehead atoms. The minimum absolute atomic E-state index is 0.160. The number of rotatable bonds is 6. The first-order chi connectivity index (χ1) is 12.2. The maximum atomic E-state index is 12.2. The molecule has 2 saturated heterocycles. The second-order valence-electron chi connectivity index (χ2n) is 8.35. The Hall–Kier alpha value is -1.39. The first-order valence-electron chi connectivity index (χ1n) is 10.0. The molecule has 2 aliphatic heterocycles. The van der Waals surface area contributed by atoms with E-state index < -0.39 is 0 Å². The average Bonchev–Trinajstić information content (AvgIpc) is 3.18. The number of amides is 1. The third kappa shape index (κ3) is 4.62. The molecule has 0 atom stereocenters. The smallest absolute Gasteiger partial charge is 0.234 e. The van der Waals surface area contributed by atoms with Crippen LogP contribution in [0.1, 0.15) is 49.7 Å². The highest BCUT2D eigenvalue weighted by Crippen LogP contribution is 2.53. The van der Waals surface area contributed by atoms with Crippen molar-refractivity contribution in [3.63, 3.8) is 0 Å². The summed E-state index contributed by atoms with van der Waals surface area (Å²) in [6.07, 6.45) is 8.09. The van der Waals surface area contributed by atoms with Crippen molar-refractivity contribution < 1.29 is 4.79 Å². The first kappa shape index (κ1) is 17.0. The quantitative estimate of drug-likeness (QED) is 0.864. The molecule has 1 N–H and O–H groups in total. The van der Waals surface area contributed by atoms with E-state index in [1.54, 1.807) is 0 Å². The zero-order valence-corrected chi connectivity index (χ0v) is 15.3. The third-order valence-corrected chi connectivity index (χ3v) is 6.36. The van der Waals surface area contributed by atoms with E-state index in [1.165, 1.54) is 62.7 Å². The van der Waals surface area contributed by atoms with Crippen molar-refractivity contribution in [2.24, 2.45) is 5.41 Å². The number of hydrogen-bond acceptors (Lipinski definition) is 3. The van der Waals surface area contributed by atoms with Crippen LogP contribution in [-0.4, -0.2) is 48.4 Å². The molecule has 0 aromatic heterocycles. The SMILES string of the molecule is O=C(CN1CCC2(CC1)CC2)NCc1ccc(CN2CCCC2)cc1. The number of likely N-dealkylation sites (tertiary alicyclic amines) is 2. The van der Waals surface area contributed by atoms with E-state index in [0.717, 1.165) is 19.6 Å². The van der Waals surface area contributed by atoms with Crippen LogP contribution >= 0.6 is 0 Å². The Morgan fingerprint density at radius 3 is 2.16 bits per heavy atom. The van der Waals surface area contributed by atoms with Gasteiger partial charge in [0, 0.05) is 13.1 Å². The second kappa shape index (κ2) is 7.46. The average molecular weight is 341 g/mol. The molecule has 4 rings (SSSR count). The Morgan fingerprint density at radius 2 is 1.52 bits per heavy atom. The molecular weight excluding hydrogens is 310 g/mol. The Kier molecular flexibility index (Phi) is 5.09. The van der Waals surface area contributed by atoms with E-state index >= 15 is 0 Å². The molecule has 0 unspecified atom stereocenters. The summed E-state index contributed by atoms with van der Waals surface area (Å²) >= 11 is 0. The van der Waals surface area contributed by atoms with Gasteiger partial charge in [0.1, 0.15) is 0 Å².